The normalized spacial score (nSPS) is 11.5. The van der Waals surface area contributed by atoms with Gasteiger partial charge in [-0.05, 0) is 37.4 Å². The van der Waals surface area contributed by atoms with E-state index in [0.717, 1.165) is 44.0 Å². The Morgan fingerprint density at radius 1 is 0.879 bits per heavy atom. The number of imidazole rings is 1. The number of para-hydroxylation sites is 3. The molecule has 165 valence electrons. The molecule has 1 radical (unpaired) electrons. The number of aromatic nitrogens is 4. The molecule has 6 rings (SSSR count). The first-order chi connectivity index (χ1) is 15.5. The third-order valence-corrected chi connectivity index (χ3v) is 5.10. The van der Waals surface area contributed by atoms with Gasteiger partial charge in [0.1, 0.15) is 0 Å². The van der Waals surface area contributed by atoms with Gasteiger partial charge in [0.25, 0.3) is 0 Å². The van der Waals surface area contributed by atoms with Crippen LogP contribution in [0.2, 0.25) is 0 Å². The molecule has 0 fully saturated rings. The van der Waals surface area contributed by atoms with E-state index in [-0.39, 0.29) is 31.6 Å². The minimum Gasteiger partial charge on any atom is -0.512 e. The van der Waals surface area contributed by atoms with E-state index in [2.05, 4.69) is 34.7 Å². The number of allylic oxidation sites excluding steroid dienone is 2. The maximum Gasteiger partial charge on any atom is 0.188 e. The van der Waals surface area contributed by atoms with Gasteiger partial charge in [-0.3, -0.25) is 9.78 Å². The van der Waals surface area contributed by atoms with Crippen molar-refractivity contribution >= 4 is 55.4 Å². The number of fused-ring (bicyclic) bond motifs is 9. The van der Waals surface area contributed by atoms with Crippen molar-refractivity contribution in [2.24, 2.45) is 0 Å². The maximum atomic E-state index is 10.0. The van der Waals surface area contributed by atoms with Crippen LogP contribution >= 0.6 is 0 Å². The molecule has 6 aromatic rings. The second kappa shape index (κ2) is 9.06. The Labute approximate surface area is 203 Å². The number of hydrogen-bond donors (Lipinski definition) is 1. The predicted molar refractivity (Wildman–Crippen MR) is 127 cm³/mol. The number of benzene rings is 3. The molecule has 0 unspecified atom stereocenters. The van der Waals surface area contributed by atoms with E-state index < -0.39 is 0 Å². The summed E-state index contributed by atoms with van der Waals surface area (Å²) in [6, 6.07) is 25.6. The Kier molecular flexibility index (Phi) is 6.18. The van der Waals surface area contributed by atoms with Crippen LogP contribution in [-0.4, -0.2) is 30.2 Å². The molecule has 0 aliphatic rings. The number of hydrogen-bond acceptors (Lipinski definition) is 5. The molecule has 0 bridgehead atoms. The Morgan fingerprint density at radius 2 is 1.55 bits per heavy atom. The molecule has 0 atom stereocenters. The molecule has 0 aliphatic carbocycles. The molecule has 0 amide bonds. The molecule has 3 aromatic carbocycles. The van der Waals surface area contributed by atoms with Crippen LogP contribution < -0.4 is 0 Å². The average Bonchev–Trinajstić information content (AvgIpc) is 3.16. The van der Waals surface area contributed by atoms with Gasteiger partial charge in [0, 0.05) is 31.7 Å². The van der Waals surface area contributed by atoms with Crippen LogP contribution in [0.4, 0.5) is 0 Å². The summed E-state index contributed by atoms with van der Waals surface area (Å²) in [5.41, 5.74) is 5.10. The number of carbonyl (C=O) groups is 1. The summed E-state index contributed by atoms with van der Waals surface area (Å²) in [5.74, 6) is -0.0625. The van der Waals surface area contributed by atoms with Gasteiger partial charge in [0.2, 0.25) is 0 Å². The number of aliphatic hydroxyl groups excluding tert-OH is 1. The molecule has 1 N–H and O–H groups in total. The van der Waals surface area contributed by atoms with Gasteiger partial charge < -0.3 is 9.51 Å². The van der Waals surface area contributed by atoms with Crippen molar-refractivity contribution in [2.45, 2.75) is 13.8 Å². The van der Waals surface area contributed by atoms with E-state index in [9.17, 15) is 4.79 Å². The maximum absolute atomic E-state index is 10.0. The summed E-state index contributed by atoms with van der Waals surface area (Å²) in [5, 5.41) is 11.7. The third-order valence-electron chi connectivity index (χ3n) is 5.10. The molecule has 0 saturated carbocycles. The molecular weight excluding hydrogens is 593 g/mol. The van der Waals surface area contributed by atoms with Crippen molar-refractivity contribution in [2.75, 3.05) is 0 Å². The fourth-order valence-corrected chi connectivity index (χ4v) is 3.89. The predicted octanol–water partition coefficient (Wildman–Crippen LogP) is 5.57. The molecule has 3 heterocycles. The van der Waals surface area contributed by atoms with Gasteiger partial charge in [-0.2, -0.15) is 0 Å². The van der Waals surface area contributed by atoms with Gasteiger partial charge in [-0.15, -0.1) is 29.7 Å². The Bertz CT molecular complexity index is 1680. The summed E-state index contributed by atoms with van der Waals surface area (Å²) in [7, 11) is 0. The first kappa shape index (κ1) is 22.5. The largest absolute Gasteiger partial charge is 0.512 e. The molecular formula is C26H19IrN4O2-. The molecule has 7 heteroatoms. The third kappa shape index (κ3) is 4.09. The quantitative estimate of drug-likeness (QED) is 0.114. The number of rotatable bonds is 1. The number of carbonyl (C=O) groups excluding carboxylic acids is 1. The van der Waals surface area contributed by atoms with Crippen molar-refractivity contribution < 1.29 is 30.0 Å². The fourth-order valence-electron chi connectivity index (χ4n) is 3.89. The summed E-state index contributed by atoms with van der Waals surface area (Å²) in [6.45, 7) is 2.85. The van der Waals surface area contributed by atoms with Gasteiger partial charge in [0.05, 0.1) is 22.4 Å². The van der Waals surface area contributed by atoms with E-state index in [1.807, 2.05) is 42.5 Å². The van der Waals surface area contributed by atoms with Gasteiger partial charge in [0.15, 0.2) is 17.1 Å². The molecule has 6 nitrogen and oxygen atoms in total. The fraction of sp³-hybridized carbons (Fsp3) is 0.0769. The zero-order valence-electron chi connectivity index (χ0n) is 17.9. The van der Waals surface area contributed by atoms with Crippen molar-refractivity contribution in [3.05, 3.63) is 84.6 Å². The number of nitrogens with zero attached hydrogens (tertiary/aromatic N) is 4. The van der Waals surface area contributed by atoms with Crippen molar-refractivity contribution in [3.8, 4) is 0 Å². The molecule has 3 aromatic heterocycles. The minimum atomic E-state index is -0.125. The van der Waals surface area contributed by atoms with E-state index >= 15 is 0 Å². The summed E-state index contributed by atoms with van der Waals surface area (Å²) < 4.78 is 2.10. The van der Waals surface area contributed by atoms with Crippen molar-refractivity contribution in [3.63, 3.8) is 0 Å². The number of ketones is 1. The first-order valence-corrected chi connectivity index (χ1v) is 10.2. The van der Waals surface area contributed by atoms with Crippen LogP contribution in [0.5, 0.6) is 0 Å². The molecule has 33 heavy (non-hydrogen) atoms. The monoisotopic (exact) mass is 612 g/mol. The van der Waals surface area contributed by atoms with E-state index in [1.54, 1.807) is 0 Å². The first-order valence-electron chi connectivity index (χ1n) is 10.2. The Balaban J connectivity index is 0.000000287. The van der Waals surface area contributed by atoms with Crippen molar-refractivity contribution in [1.82, 2.24) is 19.4 Å². The van der Waals surface area contributed by atoms with Crippen LogP contribution in [0.15, 0.2) is 78.6 Å². The van der Waals surface area contributed by atoms with Gasteiger partial charge in [-0.1, -0.05) is 35.7 Å². The SMILES string of the molecule is CC(=O)/C=C(/C)O.[Ir].[c-]1cccc2c1c1nc3nc4ccccc4nc3n1c1ccccc21. The van der Waals surface area contributed by atoms with E-state index in [1.165, 1.54) is 19.9 Å². The Hall–Kier alpha value is -3.67. The smallest absolute Gasteiger partial charge is 0.188 e. The van der Waals surface area contributed by atoms with Crippen LogP contribution in [0.25, 0.3) is 49.7 Å². The van der Waals surface area contributed by atoms with E-state index in [0.29, 0.717) is 5.65 Å². The van der Waals surface area contributed by atoms with Crippen LogP contribution in [0, 0.1) is 6.07 Å². The zero-order valence-corrected chi connectivity index (χ0v) is 20.3. The average molecular weight is 612 g/mol. The second-order valence-electron chi connectivity index (χ2n) is 7.50. The molecule has 0 saturated heterocycles. The minimum absolute atomic E-state index is 0. The van der Waals surface area contributed by atoms with Crippen molar-refractivity contribution in [1.29, 1.82) is 0 Å². The zero-order chi connectivity index (χ0) is 22.2. The molecule has 0 aliphatic heterocycles. The standard InChI is InChI=1S/C21H11N4.C5H8O2.Ir/c1-2-9-15-13(7-1)14-8-3-6-12-18(14)25-20(15)24-19-21(25)23-17-11-5-4-10-16(17)22-19;1-4(6)3-5(2)7;/h1-8,10-12H;3,6H,1-2H3;/q-1;;/b;4-3-;. The topological polar surface area (TPSA) is 80.4 Å². The van der Waals surface area contributed by atoms with Crippen LogP contribution in [0.1, 0.15) is 13.8 Å². The van der Waals surface area contributed by atoms with Crippen LogP contribution in [-0.2, 0) is 24.9 Å². The Morgan fingerprint density at radius 3 is 2.24 bits per heavy atom. The summed E-state index contributed by atoms with van der Waals surface area (Å²) in [4.78, 5) is 24.4. The summed E-state index contributed by atoms with van der Waals surface area (Å²) >= 11 is 0. The van der Waals surface area contributed by atoms with E-state index in [4.69, 9.17) is 20.1 Å². The van der Waals surface area contributed by atoms with Gasteiger partial charge >= 0.3 is 0 Å². The molecule has 0 spiro atoms. The number of pyridine rings is 1. The summed E-state index contributed by atoms with van der Waals surface area (Å²) in [6.07, 6.45) is 1.17. The van der Waals surface area contributed by atoms with Gasteiger partial charge in [-0.25, -0.2) is 9.97 Å². The van der Waals surface area contributed by atoms with Crippen LogP contribution in [0.3, 0.4) is 0 Å². The second-order valence-corrected chi connectivity index (χ2v) is 7.50. The number of aliphatic hydroxyl groups is 1.